The van der Waals surface area contributed by atoms with Crippen molar-refractivity contribution in [3.63, 3.8) is 0 Å². The lowest BCUT2D eigenvalue weighted by atomic mass is 9.88. The summed E-state index contributed by atoms with van der Waals surface area (Å²) in [5, 5.41) is 15.5. The number of rotatable bonds is 9. The average Bonchev–Trinajstić information content (AvgIpc) is 2.85. The van der Waals surface area contributed by atoms with Crippen molar-refractivity contribution < 1.29 is 33.0 Å². The zero-order valence-corrected chi connectivity index (χ0v) is 22.2. The summed E-state index contributed by atoms with van der Waals surface area (Å²) in [6.45, 7) is 3.30. The minimum Gasteiger partial charge on any atom is -0.444 e. The van der Waals surface area contributed by atoms with E-state index in [-0.39, 0.29) is 60.5 Å². The Balaban J connectivity index is 1.64. The Morgan fingerprint density at radius 1 is 1.21 bits per heavy atom. The number of halogens is 2. The number of anilines is 1. The van der Waals surface area contributed by atoms with Gasteiger partial charge in [0.05, 0.1) is 12.7 Å². The van der Waals surface area contributed by atoms with Gasteiger partial charge in [-0.2, -0.15) is 13.8 Å². The molecule has 0 bridgehead atoms. The van der Waals surface area contributed by atoms with E-state index in [1.54, 1.807) is 11.1 Å². The lowest BCUT2D eigenvalue weighted by molar-refractivity contribution is -0.125. The smallest absolute Gasteiger partial charge is 0.410 e. The van der Waals surface area contributed by atoms with Gasteiger partial charge in [-0.05, 0) is 65.2 Å². The lowest BCUT2D eigenvalue weighted by Crippen LogP contribution is -2.47. The molecule has 2 heterocycles. The SMILES string of the molecule is CC(C)(C)OC(=O)N1CCC(NC(=O)c2cnc(NCCOC(F)F)nc2/N=C\C2CCC(O)CC2)CC1. The Hall–Kier alpha value is -2.93. The third-order valence-corrected chi connectivity index (χ3v) is 6.27. The maximum Gasteiger partial charge on any atom is 0.410 e. The van der Waals surface area contributed by atoms with Crippen LogP contribution < -0.4 is 10.6 Å². The lowest BCUT2D eigenvalue weighted by Gasteiger charge is -2.33. The van der Waals surface area contributed by atoms with Crippen molar-refractivity contribution in [1.82, 2.24) is 20.2 Å². The number of nitrogens with zero attached hydrogens (tertiary/aromatic N) is 4. The van der Waals surface area contributed by atoms with E-state index in [0.717, 1.165) is 12.8 Å². The number of amides is 2. The number of carbonyl (C=O) groups is 2. The van der Waals surface area contributed by atoms with Crippen LogP contribution in [0.4, 0.5) is 25.3 Å². The average molecular weight is 541 g/mol. The van der Waals surface area contributed by atoms with Gasteiger partial charge in [0.1, 0.15) is 11.2 Å². The molecule has 38 heavy (non-hydrogen) atoms. The molecule has 1 aromatic rings. The standard InChI is InChI=1S/C25H38F2N6O5/c1-25(2,3)38-24(36)33-11-8-17(9-12-33)31-21(35)19-15-30-23(28-10-13-37-22(26)27)32-20(19)29-14-16-4-6-18(34)7-5-16/h14-18,22,34H,4-13H2,1-3H3,(H,31,35)(H,28,30,32)/b29-14-. The maximum atomic E-state index is 13.2. The quantitative estimate of drug-likeness (QED) is 0.320. The van der Waals surface area contributed by atoms with Crippen molar-refractivity contribution in [3.05, 3.63) is 11.8 Å². The second-order valence-electron chi connectivity index (χ2n) is 10.6. The monoisotopic (exact) mass is 540 g/mol. The molecule has 3 rings (SSSR count). The van der Waals surface area contributed by atoms with Crippen LogP contribution in [-0.2, 0) is 9.47 Å². The summed E-state index contributed by atoms with van der Waals surface area (Å²) in [4.78, 5) is 40.0. The second-order valence-corrected chi connectivity index (χ2v) is 10.6. The number of carbonyl (C=O) groups excluding carboxylic acids is 2. The van der Waals surface area contributed by atoms with Crippen LogP contribution in [0.25, 0.3) is 0 Å². The highest BCUT2D eigenvalue weighted by Gasteiger charge is 2.28. The fourth-order valence-corrected chi connectivity index (χ4v) is 4.25. The number of aliphatic hydroxyl groups excluding tert-OH is 1. The largest absolute Gasteiger partial charge is 0.444 e. The van der Waals surface area contributed by atoms with Crippen molar-refractivity contribution in [1.29, 1.82) is 0 Å². The van der Waals surface area contributed by atoms with Gasteiger partial charge in [-0.15, -0.1) is 0 Å². The molecule has 2 amide bonds. The summed E-state index contributed by atoms with van der Waals surface area (Å²) in [6, 6.07) is -0.151. The molecule has 0 spiro atoms. The fraction of sp³-hybridized carbons (Fsp3) is 0.720. The van der Waals surface area contributed by atoms with Gasteiger partial charge in [0.25, 0.3) is 5.91 Å². The number of hydrogen-bond acceptors (Lipinski definition) is 9. The number of likely N-dealkylation sites (tertiary alicyclic amines) is 1. The molecule has 13 heteroatoms. The van der Waals surface area contributed by atoms with Gasteiger partial charge < -0.3 is 30.1 Å². The Kier molecular flexibility index (Phi) is 10.7. The van der Waals surface area contributed by atoms with Gasteiger partial charge in [0.15, 0.2) is 5.82 Å². The van der Waals surface area contributed by atoms with Crippen LogP contribution in [0.2, 0.25) is 0 Å². The first-order chi connectivity index (χ1) is 18.0. The van der Waals surface area contributed by atoms with Crippen molar-refractivity contribution >= 4 is 30.0 Å². The van der Waals surface area contributed by atoms with Crippen LogP contribution in [0.3, 0.4) is 0 Å². The number of hydrogen-bond donors (Lipinski definition) is 3. The van der Waals surface area contributed by atoms with Crippen molar-refractivity contribution in [2.75, 3.05) is 31.6 Å². The predicted molar refractivity (Wildman–Crippen MR) is 137 cm³/mol. The number of aliphatic hydroxyl groups is 1. The van der Waals surface area contributed by atoms with Crippen molar-refractivity contribution in [3.8, 4) is 0 Å². The van der Waals surface area contributed by atoms with Crippen LogP contribution in [0.15, 0.2) is 11.2 Å². The molecule has 1 saturated carbocycles. The second kappa shape index (κ2) is 13.7. The van der Waals surface area contributed by atoms with E-state index in [1.165, 1.54) is 6.20 Å². The highest BCUT2D eigenvalue weighted by molar-refractivity contribution is 5.98. The van der Waals surface area contributed by atoms with Gasteiger partial charge in [-0.3, -0.25) is 4.79 Å². The number of alkyl halides is 2. The first-order valence-electron chi connectivity index (χ1n) is 13.0. The molecular weight excluding hydrogens is 502 g/mol. The molecular formula is C25H38F2N6O5. The first-order valence-corrected chi connectivity index (χ1v) is 13.0. The highest BCUT2D eigenvalue weighted by Crippen LogP contribution is 2.25. The van der Waals surface area contributed by atoms with Gasteiger partial charge in [-0.1, -0.05) is 0 Å². The third-order valence-electron chi connectivity index (χ3n) is 6.27. The minimum absolute atomic E-state index is 0.0514. The predicted octanol–water partition coefficient (Wildman–Crippen LogP) is 3.51. The summed E-state index contributed by atoms with van der Waals surface area (Å²) in [5.74, 6) is 0.0558. The first kappa shape index (κ1) is 29.6. The molecule has 1 aliphatic heterocycles. The molecule has 0 radical (unpaired) electrons. The van der Waals surface area contributed by atoms with Crippen LogP contribution >= 0.6 is 0 Å². The molecule has 0 aromatic carbocycles. The molecule has 2 fully saturated rings. The van der Waals surface area contributed by atoms with Crippen LogP contribution in [-0.4, -0.2) is 88.8 Å². The van der Waals surface area contributed by atoms with Crippen molar-refractivity contribution in [2.45, 2.75) is 83.7 Å². The number of piperidine rings is 1. The third kappa shape index (κ3) is 9.75. The molecule has 11 nitrogen and oxygen atoms in total. The highest BCUT2D eigenvalue weighted by atomic mass is 19.3. The van der Waals surface area contributed by atoms with E-state index in [4.69, 9.17) is 4.74 Å². The number of aliphatic imine (C=N–C) groups is 1. The normalized spacial score (nSPS) is 21.1. The Morgan fingerprint density at radius 3 is 2.53 bits per heavy atom. The minimum atomic E-state index is -2.87. The van der Waals surface area contributed by atoms with E-state index in [2.05, 4.69) is 30.3 Å². The summed E-state index contributed by atoms with van der Waals surface area (Å²) in [7, 11) is 0. The van der Waals surface area contributed by atoms with E-state index in [1.807, 2.05) is 20.8 Å². The summed E-state index contributed by atoms with van der Waals surface area (Å²) in [5.41, 5.74) is -0.394. The number of nitrogens with one attached hydrogen (secondary N) is 2. The van der Waals surface area contributed by atoms with Gasteiger partial charge in [0.2, 0.25) is 5.95 Å². The molecule has 2 aliphatic rings. The Labute approximate surface area is 221 Å². The van der Waals surface area contributed by atoms with E-state index >= 15 is 0 Å². The zero-order chi connectivity index (χ0) is 27.7. The van der Waals surface area contributed by atoms with Gasteiger partial charge in [-0.25, -0.2) is 14.8 Å². The molecule has 1 saturated heterocycles. The molecule has 0 unspecified atom stereocenters. The van der Waals surface area contributed by atoms with Crippen LogP contribution in [0.5, 0.6) is 0 Å². The Bertz CT molecular complexity index is 958. The summed E-state index contributed by atoms with van der Waals surface area (Å²) >= 11 is 0. The van der Waals surface area contributed by atoms with Crippen LogP contribution in [0.1, 0.15) is 69.7 Å². The molecule has 212 valence electrons. The topological polar surface area (TPSA) is 138 Å². The number of aromatic nitrogens is 2. The zero-order valence-electron chi connectivity index (χ0n) is 22.2. The maximum absolute atomic E-state index is 13.2. The van der Waals surface area contributed by atoms with Crippen molar-refractivity contribution in [2.24, 2.45) is 10.9 Å². The molecule has 3 N–H and O–H groups in total. The molecule has 0 atom stereocenters. The van der Waals surface area contributed by atoms with Gasteiger partial charge >= 0.3 is 12.7 Å². The number of ether oxygens (including phenoxy) is 2. The van der Waals surface area contributed by atoms with E-state index in [0.29, 0.717) is 38.8 Å². The molecule has 1 aromatic heterocycles. The summed E-state index contributed by atoms with van der Waals surface area (Å²) in [6.07, 6.45) is 6.50. The van der Waals surface area contributed by atoms with E-state index in [9.17, 15) is 23.5 Å². The summed E-state index contributed by atoms with van der Waals surface area (Å²) < 4.78 is 34.0. The van der Waals surface area contributed by atoms with Gasteiger partial charge in [0, 0.05) is 38.1 Å². The van der Waals surface area contributed by atoms with Crippen LogP contribution in [0, 0.1) is 5.92 Å². The Morgan fingerprint density at radius 2 is 1.89 bits per heavy atom. The van der Waals surface area contributed by atoms with E-state index < -0.39 is 12.2 Å². The molecule has 1 aliphatic carbocycles. The fourth-order valence-electron chi connectivity index (χ4n) is 4.25.